The number of likely N-dealkylation sites (N-methyl/N-ethyl adjacent to an activating group) is 1. The zero-order valence-electron chi connectivity index (χ0n) is 13.3. The minimum Gasteiger partial charge on any atom is -0.496 e. The summed E-state index contributed by atoms with van der Waals surface area (Å²) >= 11 is 0. The molecule has 2 rings (SSSR count). The zero-order chi connectivity index (χ0) is 15.2. The second kappa shape index (κ2) is 7.52. The molecule has 1 aliphatic rings. The van der Waals surface area contributed by atoms with Crippen LogP contribution in [0.5, 0.6) is 17.2 Å². The lowest BCUT2D eigenvalue weighted by Crippen LogP contribution is -2.32. The van der Waals surface area contributed by atoms with Crippen LogP contribution in [0.2, 0.25) is 0 Å². The normalized spacial score (nSPS) is 19.3. The Morgan fingerprint density at radius 2 is 1.86 bits per heavy atom. The number of hydrogen-bond donors (Lipinski definition) is 1. The molecule has 0 aromatic heterocycles. The van der Waals surface area contributed by atoms with Crippen LogP contribution in [0.4, 0.5) is 0 Å². The molecule has 2 unspecified atom stereocenters. The quantitative estimate of drug-likeness (QED) is 0.837. The second-order valence-corrected chi connectivity index (χ2v) is 5.03. The molecule has 1 aromatic rings. The van der Waals surface area contributed by atoms with E-state index >= 15 is 0 Å². The summed E-state index contributed by atoms with van der Waals surface area (Å²) in [7, 11) is 4.96. The van der Waals surface area contributed by atoms with E-state index in [-0.39, 0.29) is 12.1 Å². The van der Waals surface area contributed by atoms with Gasteiger partial charge in [-0.3, -0.25) is 0 Å². The monoisotopic (exact) mass is 295 g/mol. The van der Waals surface area contributed by atoms with Crippen molar-refractivity contribution in [1.29, 1.82) is 0 Å². The van der Waals surface area contributed by atoms with Gasteiger partial charge in [0.2, 0.25) is 0 Å². The van der Waals surface area contributed by atoms with Crippen molar-refractivity contribution in [2.75, 3.05) is 34.5 Å². The van der Waals surface area contributed by atoms with Gasteiger partial charge in [0.05, 0.1) is 39.0 Å². The zero-order valence-corrected chi connectivity index (χ0v) is 13.3. The van der Waals surface area contributed by atoms with Gasteiger partial charge in [-0.15, -0.1) is 0 Å². The third-order valence-corrected chi connectivity index (χ3v) is 3.82. The predicted molar refractivity (Wildman–Crippen MR) is 81.5 cm³/mol. The van der Waals surface area contributed by atoms with Gasteiger partial charge in [0.25, 0.3) is 0 Å². The van der Waals surface area contributed by atoms with Gasteiger partial charge in [-0.25, -0.2) is 0 Å². The Morgan fingerprint density at radius 1 is 1.19 bits per heavy atom. The third-order valence-electron chi connectivity index (χ3n) is 3.82. The fourth-order valence-electron chi connectivity index (χ4n) is 2.84. The van der Waals surface area contributed by atoms with E-state index in [9.17, 15) is 0 Å². The van der Waals surface area contributed by atoms with Gasteiger partial charge in [0, 0.05) is 18.7 Å². The Bertz CT molecular complexity index is 433. The topological polar surface area (TPSA) is 49.0 Å². The minimum atomic E-state index is 0.0494. The maximum absolute atomic E-state index is 5.87. The summed E-state index contributed by atoms with van der Waals surface area (Å²) in [5.74, 6) is 2.23. The molecule has 5 nitrogen and oxygen atoms in total. The smallest absolute Gasteiger partial charge is 0.131 e. The van der Waals surface area contributed by atoms with E-state index in [2.05, 4.69) is 12.2 Å². The highest BCUT2D eigenvalue weighted by atomic mass is 16.5. The molecule has 1 N–H and O–H groups in total. The molecule has 2 atom stereocenters. The van der Waals surface area contributed by atoms with E-state index in [0.29, 0.717) is 0 Å². The van der Waals surface area contributed by atoms with Gasteiger partial charge in [0.15, 0.2) is 0 Å². The fraction of sp³-hybridized carbons (Fsp3) is 0.625. The molecular weight excluding hydrogens is 270 g/mol. The first-order chi connectivity index (χ1) is 10.2. The van der Waals surface area contributed by atoms with E-state index in [1.807, 2.05) is 12.1 Å². The standard InChI is InChI=1S/C16H25NO4/c1-5-17-16(12-7-6-8-21-12)15-13(19-3)9-11(18-2)10-14(15)20-4/h9-10,12,16-17H,5-8H2,1-4H3. The lowest BCUT2D eigenvalue weighted by molar-refractivity contribution is 0.0770. The number of hydrogen-bond acceptors (Lipinski definition) is 5. The summed E-state index contributed by atoms with van der Waals surface area (Å²) in [5.41, 5.74) is 0.995. The molecule has 21 heavy (non-hydrogen) atoms. The molecule has 0 saturated carbocycles. The van der Waals surface area contributed by atoms with E-state index in [0.717, 1.165) is 48.8 Å². The molecule has 0 spiro atoms. The lowest BCUT2D eigenvalue weighted by Gasteiger charge is -2.27. The molecule has 0 bridgehead atoms. The number of methoxy groups -OCH3 is 3. The Balaban J connectivity index is 2.46. The average molecular weight is 295 g/mol. The molecule has 1 aromatic carbocycles. The van der Waals surface area contributed by atoms with Crippen LogP contribution < -0.4 is 19.5 Å². The number of nitrogens with one attached hydrogen (secondary N) is 1. The Kier molecular flexibility index (Phi) is 5.70. The summed E-state index contributed by atoms with van der Waals surface area (Å²) in [4.78, 5) is 0. The molecular formula is C16H25NO4. The van der Waals surface area contributed by atoms with Crippen LogP contribution in [0.3, 0.4) is 0 Å². The molecule has 0 aliphatic carbocycles. The van der Waals surface area contributed by atoms with Crippen molar-refractivity contribution in [3.05, 3.63) is 17.7 Å². The predicted octanol–water partition coefficient (Wildman–Crippen LogP) is 2.54. The Labute approximate surface area is 126 Å². The van der Waals surface area contributed by atoms with Gasteiger partial charge >= 0.3 is 0 Å². The number of ether oxygens (including phenoxy) is 4. The minimum absolute atomic E-state index is 0.0494. The van der Waals surface area contributed by atoms with E-state index in [1.54, 1.807) is 21.3 Å². The molecule has 1 saturated heterocycles. The number of rotatable bonds is 7. The van der Waals surface area contributed by atoms with Gasteiger partial charge in [0.1, 0.15) is 17.2 Å². The molecule has 1 fully saturated rings. The molecule has 5 heteroatoms. The average Bonchev–Trinajstić information content (AvgIpc) is 3.05. The molecule has 0 radical (unpaired) electrons. The van der Waals surface area contributed by atoms with Crippen LogP contribution in [-0.2, 0) is 4.74 Å². The Morgan fingerprint density at radius 3 is 2.29 bits per heavy atom. The molecule has 1 aliphatic heterocycles. The van der Waals surface area contributed by atoms with Crippen LogP contribution >= 0.6 is 0 Å². The molecule has 1 heterocycles. The highest BCUT2D eigenvalue weighted by molar-refractivity contribution is 5.52. The van der Waals surface area contributed by atoms with Crippen LogP contribution in [0.1, 0.15) is 31.4 Å². The van der Waals surface area contributed by atoms with Crippen molar-refractivity contribution >= 4 is 0 Å². The fourth-order valence-corrected chi connectivity index (χ4v) is 2.84. The largest absolute Gasteiger partial charge is 0.496 e. The van der Waals surface area contributed by atoms with Crippen molar-refractivity contribution in [3.8, 4) is 17.2 Å². The van der Waals surface area contributed by atoms with Gasteiger partial charge in [-0.05, 0) is 19.4 Å². The van der Waals surface area contributed by atoms with Gasteiger partial charge in [-0.2, -0.15) is 0 Å². The Hall–Kier alpha value is -1.46. The first kappa shape index (κ1) is 15.9. The van der Waals surface area contributed by atoms with Gasteiger partial charge in [-0.1, -0.05) is 6.92 Å². The second-order valence-electron chi connectivity index (χ2n) is 5.03. The van der Waals surface area contributed by atoms with Crippen LogP contribution in [-0.4, -0.2) is 40.6 Å². The van der Waals surface area contributed by atoms with Crippen LogP contribution in [0.25, 0.3) is 0 Å². The van der Waals surface area contributed by atoms with Crippen molar-refractivity contribution in [2.45, 2.75) is 31.9 Å². The van der Waals surface area contributed by atoms with Gasteiger partial charge < -0.3 is 24.3 Å². The van der Waals surface area contributed by atoms with E-state index < -0.39 is 0 Å². The van der Waals surface area contributed by atoms with Crippen LogP contribution in [0, 0.1) is 0 Å². The molecule has 0 amide bonds. The van der Waals surface area contributed by atoms with E-state index in [1.165, 1.54) is 0 Å². The van der Waals surface area contributed by atoms with Crippen molar-refractivity contribution in [2.24, 2.45) is 0 Å². The van der Waals surface area contributed by atoms with Crippen LogP contribution in [0.15, 0.2) is 12.1 Å². The maximum atomic E-state index is 5.87. The molecule has 118 valence electrons. The first-order valence-electron chi connectivity index (χ1n) is 7.40. The summed E-state index contributed by atoms with van der Waals surface area (Å²) in [6.07, 6.45) is 2.27. The van der Waals surface area contributed by atoms with E-state index in [4.69, 9.17) is 18.9 Å². The third kappa shape index (κ3) is 3.41. The highest BCUT2D eigenvalue weighted by Gasteiger charge is 2.31. The highest BCUT2D eigenvalue weighted by Crippen LogP contribution is 2.41. The summed E-state index contributed by atoms with van der Waals surface area (Å²) < 4.78 is 22.3. The summed E-state index contributed by atoms with van der Waals surface area (Å²) in [5, 5.41) is 3.50. The first-order valence-corrected chi connectivity index (χ1v) is 7.40. The number of benzene rings is 1. The SMILES string of the molecule is CCNC(c1c(OC)cc(OC)cc1OC)C1CCCO1. The van der Waals surface area contributed by atoms with Crippen molar-refractivity contribution in [3.63, 3.8) is 0 Å². The van der Waals surface area contributed by atoms with Crippen molar-refractivity contribution in [1.82, 2.24) is 5.32 Å². The summed E-state index contributed by atoms with van der Waals surface area (Å²) in [6, 6.07) is 3.82. The maximum Gasteiger partial charge on any atom is 0.131 e. The summed E-state index contributed by atoms with van der Waals surface area (Å²) in [6.45, 7) is 3.75. The lowest BCUT2D eigenvalue weighted by atomic mass is 9.97. The van der Waals surface area contributed by atoms with Crippen molar-refractivity contribution < 1.29 is 18.9 Å².